The van der Waals surface area contributed by atoms with Crippen molar-refractivity contribution in [3.63, 3.8) is 0 Å². The third-order valence-electron chi connectivity index (χ3n) is 5.06. The predicted octanol–water partition coefficient (Wildman–Crippen LogP) is 5.04. The van der Waals surface area contributed by atoms with Gasteiger partial charge in [-0.05, 0) is 48.0 Å². The van der Waals surface area contributed by atoms with Gasteiger partial charge in [-0.3, -0.25) is 9.67 Å². The predicted molar refractivity (Wildman–Crippen MR) is 111 cm³/mol. The monoisotopic (exact) mass is 449 g/mol. The zero-order chi connectivity index (χ0) is 22.7. The van der Waals surface area contributed by atoms with E-state index in [0.29, 0.717) is 22.3 Å². The number of nitrogens with one attached hydrogen (secondary N) is 1. The molecule has 0 spiro atoms. The molecule has 2 heterocycles. The van der Waals surface area contributed by atoms with Gasteiger partial charge in [0.2, 0.25) is 5.82 Å². The van der Waals surface area contributed by atoms with Crippen LogP contribution in [0.5, 0.6) is 11.5 Å². The summed E-state index contributed by atoms with van der Waals surface area (Å²) < 4.78 is 42.3. The quantitative estimate of drug-likeness (QED) is 0.381. The number of hydrogen-bond donors (Lipinski definition) is 3. The van der Waals surface area contributed by atoms with Crippen LogP contribution in [-0.2, 0) is 13.2 Å². The van der Waals surface area contributed by atoms with Gasteiger partial charge in [-0.2, -0.15) is 18.3 Å². The van der Waals surface area contributed by atoms with Gasteiger partial charge in [-0.25, -0.2) is 4.98 Å². The Morgan fingerprint density at radius 1 is 1.10 bits per heavy atom. The first kappa shape index (κ1) is 20.9. The van der Waals surface area contributed by atoms with Crippen molar-refractivity contribution in [3.8, 4) is 28.6 Å². The fraction of sp³-hybridized carbons (Fsp3) is 0.250. The van der Waals surface area contributed by atoms with Gasteiger partial charge in [0, 0.05) is 13.1 Å². The number of aromatic nitrogens is 5. The van der Waals surface area contributed by atoms with Gasteiger partial charge in [0.05, 0.1) is 22.3 Å². The SMILES string of the molecule is CC(C)c1cc(-c2n[nH]c(=S)n2-c2ccc3c(c2)nc(C(F)(F)F)n3C)c(O)cc1O. The molecule has 0 saturated carbocycles. The van der Waals surface area contributed by atoms with E-state index >= 15 is 0 Å². The summed E-state index contributed by atoms with van der Waals surface area (Å²) in [6, 6.07) is 7.42. The number of hydrogen-bond acceptors (Lipinski definition) is 5. The highest BCUT2D eigenvalue weighted by atomic mass is 32.1. The van der Waals surface area contributed by atoms with Gasteiger partial charge < -0.3 is 14.8 Å². The largest absolute Gasteiger partial charge is 0.508 e. The number of rotatable bonds is 3. The molecule has 4 aromatic rings. The average molecular weight is 449 g/mol. The Labute approximate surface area is 179 Å². The Morgan fingerprint density at radius 2 is 1.81 bits per heavy atom. The van der Waals surface area contributed by atoms with Gasteiger partial charge in [-0.1, -0.05) is 13.8 Å². The standard InChI is InChI=1S/C20H18F3N5O2S/c1-9(2)11-7-12(16(30)8-15(11)29)17-25-26-19(31)28(17)10-4-5-14-13(6-10)24-18(27(14)3)20(21,22)23/h4-9,29-30H,1-3H3,(H,26,31). The molecular formula is C20H18F3N5O2S. The summed E-state index contributed by atoms with van der Waals surface area (Å²) in [6.45, 7) is 3.78. The molecule has 162 valence electrons. The van der Waals surface area contributed by atoms with E-state index < -0.39 is 12.0 Å². The highest BCUT2D eigenvalue weighted by Crippen LogP contribution is 2.38. The first-order valence-electron chi connectivity index (χ1n) is 9.26. The molecular weight excluding hydrogens is 431 g/mol. The molecule has 2 aromatic carbocycles. The van der Waals surface area contributed by atoms with Crippen LogP contribution in [-0.4, -0.2) is 34.5 Å². The maximum atomic E-state index is 13.2. The van der Waals surface area contributed by atoms with Crippen LogP contribution in [0.1, 0.15) is 31.2 Å². The molecule has 0 atom stereocenters. The molecule has 0 saturated heterocycles. The minimum absolute atomic E-state index is 0.0274. The molecule has 7 nitrogen and oxygen atoms in total. The summed E-state index contributed by atoms with van der Waals surface area (Å²) in [4.78, 5) is 3.73. The number of alkyl halides is 3. The normalized spacial score (nSPS) is 12.2. The lowest BCUT2D eigenvalue weighted by atomic mass is 9.98. The van der Waals surface area contributed by atoms with E-state index in [0.717, 1.165) is 4.57 Å². The van der Waals surface area contributed by atoms with Crippen LogP contribution in [0.15, 0.2) is 30.3 Å². The lowest BCUT2D eigenvalue weighted by molar-refractivity contribution is -0.146. The Bertz CT molecular complexity index is 1370. The van der Waals surface area contributed by atoms with Crippen LogP contribution in [0.3, 0.4) is 0 Å². The number of H-pyrrole nitrogens is 1. The Balaban J connectivity index is 1.92. The number of aryl methyl sites for hydroxylation is 1. The van der Waals surface area contributed by atoms with Crippen LogP contribution in [0, 0.1) is 4.77 Å². The second-order valence-corrected chi connectivity index (χ2v) is 7.82. The molecule has 3 N–H and O–H groups in total. The second-order valence-electron chi connectivity index (χ2n) is 7.44. The van der Waals surface area contributed by atoms with Crippen molar-refractivity contribution in [1.29, 1.82) is 0 Å². The molecule has 0 amide bonds. The van der Waals surface area contributed by atoms with Crippen molar-refractivity contribution in [2.75, 3.05) is 0 Å². The van der Waals surface area contributed by atoms with E-state index in [2.05, 4.69) is 15.2 Å². The number of fused-ring (bicyclic) bond motifs is 1. The average Bonchev–Trinajstić information content (AvgIpc) is 3.21. The number of aromatic amines is 1. The summed E-state index contributed by atoms with van der Waals surface area (Å²) >= 11 is 5.33. The van der Waals surface area contributed by atoms with Gasteiger partial charge in [0.1, 0.15) is 11.5 Å². The minimum Gasteiger partial charge on any atom is -0.508 e. The number of nitrogens with zero attached hydrogens (tertiary/aromatic N) is 4. The zero-order valence-electron chi connectivity index (χ0n) is 16.7. The zero-order valence-corrected chi connectivity index (χ0v) is 17.5. The van der Waals surface area contributed by atoms with Gasteiger partial charge in [0.15, 0.2) is 10.6 Å². The lowest BCUT2D eigenvalue weighted by Crippen LogP contribution is -2.12. The molecule has 0 unspecified atom stereocenters. The van der Waals surface area contributed by atoms with Crippen molar-refractivity contribution in [3.05, 3.63) is 46.5 Å². The highest BCUT2D eigenvalue weighted by Gasteiger charge is 2.36. The summed E-state index contributed by atoms with van der Waals surface area (Å²) in [7, 11) is 1.30. The molecule has 31 heavy (non-hydrogen) atoms. The van der Waals surface area contributed by atoms with Crippen LogP contribution >= 0.6 is 12.2 Å². The minimum atomic E-state index is -4.59. The maximum Gasteiger partial charge on any atom is 0.449 e. The van der Waals surface area contributed by atoms with E-state index in [9.17, 15) is 23.4 Å². The molecule has 4 rings (SSSR count). The Hall–Kier alpha value is -3.34. The summed E-state index contributed by atoms with van der Waals surface area (Å²) in [5.41, 5.74) is 1.78. The number of phenolic OH excluding ortho intramolecular Hbond substituents is 2. The van der Waals surface area contributed by atoms with Crippen LogP contribution < -0.4 is 0 Å². The molecule has 0 fully saturated rings. The van der Waals surface area contributed by atoms with Gasteiger partial charge in [-0.15, -0.1) is 0 Å². The Kier molecular flexibility index (Phi) is 4.80. The molecule has 0 bridgehead atoms. The van der Waals surface area contributed by atoms with Gasteiger partial charge >= 0.3 is 6.18 Å². The molecule has 0 radical (unpaired) electrons. The number of aromatic hydroxyl groups is 2. The molecule has 0 aliphatic heterocycles. The Morgan fingerprint density at radius 3 is 2.45 bits per heavy atom. The van der Waals surface area contributed by atoms with Crippen LogP contribution in [0.25, 0.3) is 28.1 Å². The molecule has 11 heteroatoms. The van der Waals surface area contributed by atoms with E-state index in [1.807, 2.05) is 13.8 Å². The third kappa shape index (κ3) is 3.44. The van der Waals surface area contributed by atoms with Crippen molar-refractivity contribution in [2.45, 2.75) is 25.9 Å². The molecule has 0 aliphatic rings. The second kappa shape index (κ2) is 7.12. The smallest absolute Gasteiger partial charge is 0.449 e. The maximum absolute atomic E-state index is 13.2. The van der Waals surface area contributed by atoms with E-state index in [1.165, 1.54) is 29.8 Å². The van der Waals surface area contributed by atoms with Crippen molar-refractivity contribution in [2.24, 2.45) is 7.05 Å². The van der Waals surface area contributed by atoms with Crippen LogP contribution in [0.2, 0.25) is 0 Å². The first-order valence-corrected chi connectivity index (χ1v) is 9.67. The van der Waals surface area contributed by atoms with Crippen molar-refractivity contribution in [1.82, 2.24) is 24.3 Å². The van der Waals surface area contributed by atoms with E-state index in [-0.39, 0.29) is 33.5 Å². The highest BCUT2D eigenvalue weighted by molar-refractivity contribution is 7.71. The van der Waals surface area contributed by atoms with Crippen molar-refractivity contribution >= 4 is 23.3 Å². The van der Waals surface area contributed by atoms with Crippen LogP contribution in [0.4, 0.5) is 13.2 Å². The number of halogens is 3. The summed E-state index contributed by atoms with van der Waals surface area (Å²) in [5.74, 6) is -1.05. The lowest BCUT2D eigenvalue weighted by Gasteiger charge is -2.13. The molecule has 2 aromatic heterocycles. The first-order chi connectivity index (χ1) is 14.5. The van der Waals surface area contributed by atoms with Crippen molar-refractivity contribution < 1.29 is 23.4 Å². The number of benzene rings is 2. The fourth-order valence-corrected chi connectivity index (χ4v) is 3.77. The third-order valence-corrected chi connectivity index (χ3v) is 5.33. The topological polar surface area (TPSA) is 91.9 Å². The fourth-order valence-electron chi connectivity index (χ4n) is 3.53. The van der Waals surface area contributed by atoms with E-state index in [1.54, 1.807) is 12.1 Å². The number of phenols is 2. The molecule has 0 aliphatic carbocycles. The number of imidazole rings is 1. The van der Waals surface area contributed by atoms with E-state index in [4.69, 9.17) is 12.2 Å². The summed E-state index contributed by atoms with van der Waals surface area (Å²) in [6.07, 6.45) is -4.59. The summed E-state index contributed by atoms with van der Waals surface area (Å²) in [5, 5.41) is 27.4. The van der Waals surface area contributed by atoms with Gasteiger partial charge in [0.25, 0.3) is 0 Å².